The molecule has 0 atom stereocenters. The lowest BCUT2D eigenvalue weighted by atomic mass is 9.83. The molecular weight excluding hydrogens is 553 g/mol. The van der Waals surface area contributed by atoms with Crippen molar-refractivity contribution in [3.63, 3.8) is 0 Å². The van der Waals surface area contributed by atoms with Gasteiger partial charge in [-0.25, -0.2) is 9.13 Å². The Morgan fingerprint density at radius 2 is 1.78 bits per heavy atom. The fourth-order valence-corrected chi connectivity index (χ4v) is 6.20. The van der Waals surface area contributed by atoms with E-state index < -0.39 is 10.1 Å². The number of aryl methyl sites for hydroxylation is 2. The zero-order valence-electron chi connectivity index (χ0n) is 21.3. The molecule has 10 heteroatoms. The number of benzene rings is 2. The highest BCUT2D eigenvalue weighted by molar-refractivity contribution is 7.85. The summed E-state index contributed by atoms with van der Waals surface area (Å²) in [6.45, 7) is 10.4. The predicted molar refractivity (Wildman–Crippen MR) is 153 cm³/mol. The van der Waals surface area contributed by atoms with E-state index in [2.05, 4.69) is 53.9 Å². The number of hydrogen-bond donors (Lipinski definition) is 1. The molecule has 2 aromatic carbocycles. The van der Waals surface area contributed by atoms with E-state index in [1.54, 1.807) is 0 Å². The van der Waals surface area contributed by atoms with E-state index in [9.17, 15) is 13.0 Å². The van der Waals surface area contributed by atoms with Crippen LogP contribution in [0.1, 0.15) is 45.5 Å². The third-order valence-electron chi connectivity index (χ3n) is 6.92. The van der Waals surface area contributed by atoms with Crippen molar-refractivity contribution < 1.29 is 17.5 Å². The van der Waals surface area contributed by atoms with Gasteiger partial charge in [-0.2, -0.15) is 8.42 Å². The Morgan fingerprint density at radius 1 is 1.08 bits per heavy atom. The van der Waals surface area contributed by atoms with E-state index in [0.717, 1.165) is 46.9 Å². The highest BCUT2D eigenvalue weighted by Gasteiger charge is 2.39. The average Bonchev–Trinajstić information content (AvgIpc) is 3.21. The van der Waals surface area contributed by atoms with Crippen LogP contribution in [0.15, 0.2) is 48.2 Å². The van der Waals surface area contributed by atoms with E-state index >= 15 is 0 Å². The molecule has 0 saturated heterocycles. The Kier molecular flexibility index (Phi) is 8.03. The molecule has 0 spiro atoms. The summed E-state index contributed by atoms with van der Waals surface area (Å²) in [4.78, 5) is 2.12. The van der Waals surface area contributed by atoms with E-state index in [-0.39, 0.29) is 11.2 Å². The maximum atomic E-state index is 11.3. The van der Waals surface area contributed by atoms with Gasteiger partial charge in [0.15, 0.2) is 11.0 Å². The Balaban J connectivity index is 1.78. The molecule has 1 aromatic heterocycles. The topological polar surface area (TPSA) is 66.4 Å². The van der Waals surface area contributed by atoms with Crippen LogP contribution in [0, 0.1) is 0 Å². The summed E-state index contributed by atoms with van der Waals surface area (Å²) >= 11 is 19.0. The van der Waals surface area contributed by atoms with Crippen LogP contribution >= 0.6 is 34.8 Å². The number of allylic oxidation sites excluding steroid dienone is 3. The largest absolute Gasteiger partial charge is 0.344 e. The second-order valence-electron chi connectivity index (χ2n) is 9.59. The molecule has 2 heterocycles. The smallest absolute Gasteiger partial charge is 0.282 e. The molecule has 6 nitrogen and oxygen atoms in total. The monoisotopic (exact) mass is 582 g/mol. The molecular formula is C27H31Cl3N3O3S+. The summed E-state index contributed by atoms with van der Waals surface area (Å²) in [5.41, 5.74) is 4.75. The van der Waals surface area contributed by atoms with Crippen molar-refractivity contribution in [1.82, 2.24) is 4.57 Å². The summed E-state index contributed by atoms with van der Waals surface area (Å²) in [7, 11) is -4.04. The lowest BCUT2D eigenvalue weighted by Gasteiger charge is -2.26. The van der Waals surface area contributed by atoms with Crippen molar-refractivity contribution in [2.75, 3.05) is 17.2 Å². The van der Waals surface area contributed by atoms with Crippen LogP contribution in [0.3, 0.4) is 0 Å². The molecule has 0 aliphatic carbocycles. The molecule has 198 valence electrons. The van der Waals surface area contributed by atoms with Crippen molar-refractivity contribution in [3.8, 4) is 0 Å². The Bertz CT molecular complexity index is 1480. The number of aromatic nitrogens is 2. The first-order valence-electron chi connectivity index (χ1n) is 12.2. The van der Waals surface area contributed by atoms with Gasteiger partial charge in [-0.15, -0.1) is 0 Å². The summed E-state index contributed by atoms with van der Waals surface area (Å²) in [6, 6.07) is 9.57. The van der Waals surface area contributed by atoms with Gasteiger partial charge in [0.1, 0.15) is 0 Å². The number of nitrogens with zero attached hydrogens (tertiary/aromatic N) is 3. The second-order valence-corrected chi connectivity index (χ2v) is 12.4. The first-order valence-corrected chi connectivity index (χ1v) is 15.0. The Labute approximate surface area is 233 Å². The van der Waals surface area contributed by atoms with Gasteiger partial charge in [0, 0.05) is 46.6 Å². The molecule has 0 radical (unpaired) electrons. The molecule has 0 unspecified atom stereocenters. The van der Waals surface area contributed by atoms with Gasteiger partial charge < -0.3 is 4.90 Å². The molecule has 0 amide bonds. The van der Waals surface area contributed by atoms with Crippen molar-refractivity contribution >= 4 is 67.7 Å². The third kappa shape index (κ3) is 5.43. The second kappa shape index (κ2) is 10.6. The van der Waals surface area contributed by atoms with Crippen molar-refractivity contribution in [3.05, 3.63) is 74.6 Å². The number of halogens is 3. The highest BCUT2D eigenvalue weighted by Crippen LogP contribution is 2.48. The van der Waals surface area contributed by atoms with E-state index in [1.807, 2.05) is 36.4 Å². The lowest BCUT2D eigenvalue weighted by Crippen LogP contribution is -2.35. The number of imidazole rings is 1. The average molecular weight is 584 g/mol. The van der Waals surface area contributed by atoms with Crippen molar-refractivity contribution in [1.29, 1.82) is 0 Å². The fraction of sp³-hybridized carbons (Fsp3) is 0.370. The minimum absolute atomic E-state index is 0.291. The summed E-state index contributed by atoms with van der Waals surface area (Å²) in [5, 5.41) is 1.69. The van der Waals surface area contributed by atoms with E-state index in [4.69, 9.17) is 34.8 Å². The lowest BCUT2D eigenvalue weighted by molar-refractivity contribution is -0.670. The normalized spacial score (nSPS) is 16.4. The zero-order chi connectivity index (χ0) is 27.1. The molecule has 3 aromatic rings. The molecule has 4 rings (SSSR count). The van der Waals surface area contributed by atoms with Crippen molar-refractivity contribution in [2.24, 2.45) is 0 Å². The maximum Gasteiger partial charge on any atom is 0.282 e. The van der Waals surface area contributed by atoms with Gasteiger partial charge in [-0.1, -0.05) is 54.7 Å². The predicted octanol–water partition coefficient (Wildman–Crippen LogP) is 6.90. The number of hydrogen-bond acceptors (Lipinski definition) is 3. The molecule has 0 fully saturated rings. The van der Waals surface area contributed by atoms with Gasteiger partial charge >= 0.3 is 0 Å². The Hall–Kier alpha value is -2.03. The first-order chi connectivity index (χ1) is 17.4. The minimum Gasteiger partial charge on any atom is -0.344 e. The number of anilines is 1. The first kappa shape index (κ1) is 28.0. The molecule has 37 heavy (non-hydrogen) atoms. The molecule has 0 saturated carbocycles. The van der Waals surface area contributed by atoms with Crippen LogP contribution in [0.2, 0.25) is 15.1 Å². The van der Waals surface area contributed by atoms with Crippen LogP contribution < -0.4 is 9.47 Å². The van der Waals surface area contributed by atoms with Gasteiger partial charge in [-0.3, -0.25) is 4.55 Å². The molecule has 1 aliphatic rings. The maximum absolute atomic E-state index is 11.3. The van der Waals surface area contributed by atoms with Crippen LogP contribution in [0.4, 0.5) is 5.69 Å². The quantitative estimate of drug-likeness (QED) is 0.231. The SMILES string of the molecule is CCn1c(/C=C/C=C2/N(CCCS(=O)(=O)O)c3ccc(Cl)cc3C2(C)C)[n+](CC)c2cc(Cl)c(Cl)cc21. The molecule has 0 bridgehead atoms. The summed E-state index contributed by atoms with van der Waals surface area (Å²) < 4.78 is 36.3. The van der Waals surface area contributed by atoms with Crippen LogP contribution in [-0.2, 0) is 28.6 Å². The van der Waals surface area contributed by atoms with Crippen LogP contribution in [-0.4, -0.2) is 29.8 Å². The highest BCUT2D eigenvalue weighted by atomic mass is 35.5. The van der Waals surface area contributed by atoms with Crippen LogP contribution in [0.5, 0.6) is 0 Å². The Morgan fingerprint density at radius 3 is 2.43 bits per heavy atom. The number of fused-ring (bicyclic) bond motifs is 2. The standard InChI is InChI=1S/C27H30Cl3N3O3S/c1-5-31-23-16-20(29)21(30)17-24(23)32(6-2)26(31)10-7-9-25-27(3,4)19-15-18(28)11-12-22(19)33(25)13-8-14-37(34,35)36/h7,9-12,15-17H,5-6,8,13-14H2,1-4H3/p+1. The van der Waals surface area contributed by atoms with E-state index in [1.165, 1.54) is 0 Å². The van der Waals surface area contributed by atoms with E-state index in [0.29, 0.717) is 28.0 Å². The third-order valence-corrected chi connectivity index (χ3v) is 8.68. The minimum atomic E-state index is -4.04. The molecule has 1 N–H and O–H groups in total. The summed E-state index contributed by atoms with van der Waals surface area (Å²) in [6.07, 6.45) is 6.46. The van der Waals surface area contributed by atoms with Gasteiger partial charge in [0.2, 0.25) is 0 Å². The van der Waals surface area contributed by atoms with Crippen LogP contribution in [0.25, 0.3) is 17.1 Å². The fourth-order valence-electron chi connectivity index (χ4n) is 5.21. The summed E-state index contributed by atoms with van der Waals surface area (Å²) in [5.74, 6) is 0.721. The number of rotatable bonds is 8. The molecule has 1 aliphatic heterocycles. The van der Waals surface area contributed by atoms with Gasteiger partial charge in [0.05, 0.1) is 28.9 Å². The van der Waals surface area contributed by atoms with Gasteiger partial charge in [-0.05, 0) is 50.1 Å². The van der Waals surface area contributed by atoms with Crippen molar-refractivity contribution in [2.45, 2.75) is 52.6 Å². The zero-order valence-corrected chi connectivity index (χ0v) is 24.4. The van der Waals surface area contributed by atoms with Gasteiger partial charge in [0.25, 0.3) is 15.9 Å².